The number of halogens is 2. The van der Waals surface area contributed by atoms with Gasteiger partial charge in [0.05, 0.1) is 13.5 Å². The maximum atomic E-state index is 12.1. The first-order valence-electron chi connectivity index (χ1n) is 7.93. The van der Waals surface area contributed by atoms with Gasteiger partial charge in [0.25, 0.3) is 5.91 Å². The monoisotopic (exact) mass is 395 g/mol. The molecule has 1 atom stereocenters. The Morgan fingerprint density at radius 1 is 1.12 bits per heavy atom. The summed E-state index contributed by atoms with van der Waals surface area (Å²) in [6, 6.07) is 12.2. The number of benzene rings is 2. The average molecular weight is 396 g/mol. The van der Waals surface area contributed by atoms with Gasteiger partial charge in [0.2, 0.25) is 0 Å². The molecule has 0 unspecified atom stereocenters. The normalized spacial score (nSPS) is 11.5. The van der Waals surface area contributed by atoms with Crippen molar-refractivity contribution in [1.82, 2.24) is 5.32 Å². The summed E-state index contributed by atoms with van der Waals surface area (Å²) in [6.45, 7) is 1.76. The summed E-state index contributed by atoms with van der Waals surface area (Å²) in [7, 11) is 1.50. The minimum absolute atomic E-state index is 0.0497. The quantitative estimate of drug-likeness (QED) is 0.724. The number of hydrogen-bond donors (Lipinski definition) is 1. The molecular formula is C19H19Cl2NO4. The zero-order chi connectivity index (χ0) is 19.1. The smallest absolute Gasteiger partial charge is 0.311 e. The second-order valence-corrected chi connectivity index (χ2v) is 6.42. The van der Waals surface area contributed by atoms with Crippen LogP contribution in [0, 0.1) is 0 Å². The van der Waals surface area contributed by atoms with Crippen LogP contribution in [0.25, 0.3) is 0 Å². The number of amides is 1. The largest absolute Gasteiger partial charge is 0.496 e. The summed E-state index contributed by atoms with van der Waals surface area (Å²) in [5.41, 5.74) is 1.37. The molecule has 0 aliphatic carbocycles. The SMILES string of the molecule is COc1ccc(Cl)cc1CC(=O)O[C@H](C)C(=O)NCc1ccccc1Cl. The Hall–Kier alpha value is -2.24. The van der Waals surface area contributed by atoms with Crippen molar-refractivity contribution < 1.29 is 19.1 Å². The maximum absolute atomic E-state index is 12.1. The second-order valence-electron chi connectivity index (χ2n) is 5.57. The molecule has 0 aliphatic heterocycles. The summed E-state index contributed by atoms with van der Waals surface area (Å²) in [4.78, 5) is 24.2. The van der Waals surface area contributed by atoms with Crippen LogP contribution in [0.5, 0.6) is 5.75 Å². The highest BCUT2D eigenvalue weighted by Gasteiger charge is 2.19. The molecule has 26 heavy (non-hydrogen) atoms. The molecule has 0 aliphatic rings. The van der Waals surface area contributed by atoms with Crippen LogP contribution in [0.1, 0.15) is 18.1 Å². The van der Waals surface area contributed by atoms with Gasteiger partial charge in [-0.15, -0.1) is 0 Å². The van der Waals surface area contributed by atoms with Gasteiger partial charge in [0.1, 0.15) is 5.75 Å². The van der Waals surface area contributed by atoms with Gasteiger partial charge in [-0.3, -0.25) is 9.59 Å². The Morgan fingerprint density at radius 2 is 1.85 bits per heavy atom. The molecule has 5 nitrogen and oxygen atoms in total. The van der Waals surface area contributed by atoms with E-state index in [1.165, 1.54) is 14.0 Å². The zero-order valence-electron chi connectivity index (χ0n) is 14.4. The van der Waals surface area contributed by atoms with Crippen molar-refractivity contribution in [2.24, 2.45) is 0 Å². The number of ether oxygens (including phenoxy) is 2. The Bertz CT molecular complexity index is 795. The van der Waals surface area contributed by atoms with E-state index < -0.39 is 18.0 Å². The van der Waals surface area contributed by atoms with E-state index in [1.54, 1.807) is 24.3 Å². The standard InChI is InChI=1S/C19H19Cl2NO4/c1-12(19(24)22-11-13-5-3-4-6-16(13)21)26-18(23)10-14-9-15(20)7-8-17(14)25-2/h3-9,12H,10-11H2,1-2H3,(H,22,24)/t12-/m1/s1. The number of nitrogens with one attached hydrogen (secondary N) is 1. The molecule has 0 radical (unpaired) electrons. The second kappa shape index (κ2) is 9.46. The topological polar surface area (TPSA) is 64.6 Å². The van der Waals surface area contributed by atoms with Crippen molar-refractivity contribution >= 4 is 35.1 Å². The summed E-state index contributed by atoms with van der Waals surface area (Å²) < 4.78 is 10.4. The van der Waals surface area contributed by atoms with Gasteiger partial charge in [-0.25, -0.2) is 0 Å². The molecule has 0 aromatic heterocycles. The van der Waals surface area contributed by atoms with E-state index in [-0.39, 0.29) is 13.0 Å². The Balaban J connectivity index is 1.89. The lowest BCUT2D eigenvalue weighted by atomic mass is 10.1. The lowest BCUT2D eigenvalue weighted by Crippen LogP contribution is -2.35. The fourth-order valence-electron chi connectivity index (χ4n) is 2.30. The Morgan fingerprint density at radius 3 is 2.54 bits per heavy atom. The molecule has 0 heterocycles. The summed E-state index contributed by atoms with van der Waals surface area (Å²) in [6.07, 6.45) is -0.985. The van der Waals surface area contributed by atoms with E-state index in [0.717, 1.165) is 5.56 Å². The zero-order valence-corrected chi connectivity index (χ0v) is 15.9. The first kappa shape index (κ1) is 20.1. The predicted octanol–water partition coefficient (Wildman–Crippen LogP) is 3.79. The molecule has 2 rings (SSSR count). The third kappa shape index (κ3) is 5.64. The Kier molecular flexibility index (Phi) is 7.30. The van der Waals surface area contributed by atoms with Gasteiger partial charge in [0.15, 0.2) is 6.10 Å². The number of carbonyl (C=O) groups excluding carboxylic acids is 2. The Labute approximate surface area is 162 Å². The highest BCUT2D eigenvalue weighted by atomic mass is 35.5. The van der Waals surface area contributed by atoms with Crippen LogP contribution < -0.4 is 10.1 Å². The number of carbonyl (C=O) groups is 2. The molecule has 1 N–H and O–H groups in total. The molecule has 138 valence electrons. The highest BCUT2D eigenvalue weighted by molar-refractivity contribution is 6.31. The van der Waals surface area contributed by atoms with E-state index >= 15 is 0 Å². The van der Waals surface area contributed by atoms with Crippen molar-refractivity contribution in [2.75, 3.05) is 7.11 Å². The lowest BCUT2D eigenvalue weighted by Gasteiger charge is -2.15. The third-order valence-electron chi connectivity index (χ3n) is 3.67. The number of rotatable bonds is 7. The van der Waals surface area contributed by atoms with Crippen molar-refractivity contribution in [1.29, 1.82) is 0 Å². The average Bonchev–Trinajstić information content (AvgIpc) is 2.60. The molecule has 0 saturated heterocycles. The molecule has 7 heteroatoms. The molecule has 1 amide bonds. The van der Waals surface area contributed by atoms with Gasteiger partial charge in [0, 0.05) is 22.2 Å². The highest BCUT2D eigenvalue weighted by Crippen LogP contribution is 2.23. The van der Waals surface area contributed by atoms with Gasteiger partial charge >= 0.3 is 5.97 Å². The van der Waals surface area contributed by atoms with Crippen LogP contribution in [-0.2, 0) is 27.3 Å². The van der Waals surface area contributed by atoms with Crippen LogP contribution in [0.3, 0.4) is 0 Å². The summed E-state index contributed by atoms with van der Waals surface area (Å²) in [5, 5.41) is 3.74. The van der Waals surface area contributed by atoms with E-state index in [2.05, 4.69) is 5.32 Å². The minimum Gasteiger partial charge on any atom is -0.496 e. The number of methoxy groups -OCH3 is 1. The van der Waals surface area contributed by atoms with E-state index in [0.29, 0.717) is 21.4 Å². The van der Waals surface area contributed by atoms with Gasteiger partial charge in [-0.1, -0.05) is 41.4 Å². The van der Waals surface area contributed by atoms with Crippen LogP contribution >= 0.6 is 23.2 Å². The van der Waals surface area contributed by atoms with Crippen LogP contribution in [0.4, 0.5) is 0 Å². The molecule has 0 saturated carbocycles. The summed E-state index contributed by atoms with van der Waals surface area (Å²) in [5.74, 6) is -0.426. The predicted molar refractivity (Wildman–Crippen MR) is 101 cm³/mol. The molecule has 2 aromatic carbocycles. The number of esters is 1. The van der Waals surface area contributed by atoms with E-state index in [1.807, 2.05) is 18.2 Å². The molecule has 0 fully saturated rings. The first-order valence-corrected chi connectivity index (χ1v) is 8.69. The van der Waals surface area contributed by atoms with Crippen LogP contribution in [-0.4, -0.2) is 25.1 Å². The fourth-order valence-corrected chi connectivity index (χ4v) is 2.70. The van der Waals surface area contributed by atoms with Gasteiger partial charge < -0.3 is 14.8 Å². The number of hydrogen-bond acceptors (Lipinski definition) is 4. The van der Waals surface area contributed by atoms with Crippen molar-refractivity contribution in [3.8, 4) is 5.75 Å². The van der Waals surface area contributed by atoms with Crippen molar-refractivity contribution in [3.63, 3.8) is 0 Å². The minimum atomic E-state index is -0.935. The molecule has 0 spiro atoms. The van der Waals surface area contributed by atoms with Crippen LogP contribution in [0.2, 0.25) is 10.0 Å². The molecule has 2 aromatic rings. The summed E-state index contributed by atoms with van der Waals surface area (Å²) >= 11 is 12.0. The van der Waals surface area contributed by atoms with E-state index in [9.17, 15) is 9.59 Å². The van der Waals surface area contributed by atoms with Gasteiger partial charge in [-0.05, 0) is 36.8 Å². The first-order chi connectivity index (χ1) is 12.4. The molecular weight excluding hydrogens is 377 g/mol. The maximum Gasteiger partial charge on any atom is 0.311 e. The van der Waals surface area contributed by atoms with Crippen LogP contribution in [0.15, 0.2) is 42.5 Å². The van der Waals surface area contributed by atoms with Gasteiger partial charge in [-0.2, -0.15) is 0 Å². The van der Waals surface area contributed by atoms with Crippen molar-refractivity contribution in [3.05, 3.63) is 63.6 Å². The van der Waals surface area contributed by atoms with E-state index in [4.69, 9.17) is 32.7 Å². The third-order valence-corrected chi connectivity index (χ3v) is 4.27. The fraction of sp³-hybridized carbons (Fsp3) is 0.263. The van der Waals surface area contributed by atoms with Crippen molar-refractivity contribution in [2.45, 2.75) is 26.0 Å². The lowest BCUT2D eigenvalue weighted by molar-refractivity contribution is -0.154. The molecule has 0 bridgehead atoms.